The Morgan fingerprint density at radius 1 is 1.50 bits per heavy atom. The van der Waals surface area contributed by atoms with Crippen LogP contribution in [0.4, 0.5) is 9.18 Å². The van der Waals surface area contributed by atoms with E-state index in [1.165, 1.54) is 12.1 Å². The Labute approximate surface area is 99.6 Å². The number of rotatable bonds is 1. The van der Waals surface area contributed by atoms with E-state index in [-0.39, 0.29) is 12.1 Å². The Kier molecular flexibility index (Phi) is 2.91. The van der Waals surface area contributed by atoms with Crippen LogP contribution in [0.5, 0.6) is 0 Å². The summed E-state index contributed by atoms with van der Waals surface area (Å²) in [4.78, 5) is 24.2. The van der Waals surface area contributed by atoms with Gasteiger partial charge in [-0.3, -0.25) is 9.69 Å². The van der Waals surface area contributed by atoms with Crippen LogP contribution < -0.4 is 5.32 Å². The molecular weight excluding hydrogens is 279 g/mol. The highest BCUT2D eigenvalue weighted by molar-refractivity contribution is 9.10. The highest BCUT2D eigenvalue weighted by Gasteiger charge is 2.29. The molecule has 1 heterocycles. The van der Waals surface area contributed by atoms with Crippen LogP contribution in [0.1, 0.15) is 10.4 Å². The first-order valence-corrected chi connectivity index (χ1v) is 5.44. The summed E-state index contributed by atoms with van der Waals surface area (Å²) in [6.45, 7) is 0.662. The minimum Gasteiger partial charge on any atom is -0.336 e. The third-order valence-corrected chi connectivity index (χ3v) is 2.94. The number of carbonyl (C=O) groups excluding carboxylic acids is 2. The van der Waals surface area contributed by atoms with Crippen molar-refractivity contribution in [2.75, 3.05) is 13.1 Å². The molecule has 6 heteroatoms. The maximum absolute atomic E-state index is 13.5. The van der Waals surface area contributed by atoms with Gasteiger partial charge in [0.15, 0.2) is 0 Å². The highest BCUT2D eigenvalue weighted by Crippen LogP contribution is 2.21. The van der Waals surface area contributed by atoms with Crippen molar-refractivity contribution in [3.05, 3.63) is 34.1 Å². The van der Waals surface area contributed by atoms with E-state index < -0.39 is 17.8 Å². The molecule has 1 aromatic rings. The van der Waals surface area contributed by atoms with E-state index in [9.17, 15) is 14.0 Å². The van der Waals surface area contributed by atoms with E-state index in [0.29, 0.717) is 11.0 Å². The number of hydrogen-bond acceptors (Lipinski definition) is 2. The molecular formula is C10H8BrFN2O2. The molecule has 0 aromatic heterocycles. The summed E-state index contributed by atoms with van der Waals surface area (Å²) in [6, 6.07) is 3.75. The zero-order valence-electron chi connectivity index (χ0n) is 8.17. The molecule has 0 radical (unpaired) electrons. The lowest BCUT2D eigenvalue weighted by molar-refractivity contribution is 0.0824. The van der Waals surface area contributed by atoms with Gasteiger partial charge in [0.25, 0.3) is 5.91 Å². The molecule has 1 N–H and O–H groups in total. The Bertz CT molecular complexity index is 444. The number of hydrogen-bond donors (Lipinski definition) is 1. The summed E-state index contributed by atoms with van der Waals surface area (Å²) in [6.07, 6.45) is 0. The number of imide groups is 1. The monoisotopic (exact) mass is 286 g/mol. The largest absolute Gasteiger partial charge is 0.336 e. The average molecular weight is 287 g/mol. The summed E-state index contributed by atoms with van der Waals surface area (Å²) in [5, 5.41) is 2.49. The van der Waals surface area contributed by atoms with Crippen molar-refractivity contribution in [2.45, 2.75) is 0 Å². The Balaban J connectivity index is 2.37. The molecule has 16 heavy (non-hydrogen) atoms. The van der Waals surface area contributed by atoms with Crippen LogP contribution in [0, 0.1) is 5.82 Å². The number of halogens is 2. The summed E-state index contributed by atoms with van der Waals surface area (Å²) < 4.78 is 13.8. The zero-order valence-corrected chi connectivity index (χ0v) is 9.75. The minimum absolute atomic E-state index is 0.112. The number of benzene rings is 1. The lowest BCUT2D eigenvalue weighted by Gasteiger charge is -2.13. The van der Waals surface area contributed by atoms with Crippen LogP contribution in [-0.2, 0) is 0 Å². The molecule has 0 aliphatic carbocycles. The Morgan fingerprint density at radius 3 is 2.81 bits per heavy atom. The van der Waals surface area contributed by atoms with E-state index in [1.54, 1.807) is 6.07 Å². The molecule has 1 aromatic carbocycles. The first kappa shape index (κ1) is 11.1. The number of nitrogens with one attached hydrogen (secondary N) is 1. The van der Waals surface area contributed by atoms with Gasteiger partial charge in [-0.25, -0.2) is 9.18 Å². The number of carbonyl (C=O) groups is 2. The van der Waals surface area contributed by atoms with Crippen molar-refractivity contribution in [2.24, 2.45) is 0 Å². The quantitative estimate of drug-likeness (QED) is 0.855. The Morgan fingerprint density at radius 2 is 2.25 bits per heavy atom. The number of urea groups is 1. The van der Waals surface area contributed by atoms with Crippen molar-refractivity contribution in [3.8, 4) is 0 Å². The molecule has 0 bridgehead atoms. The molecule has 0 saturated carbocycles. The van der Waals surface area contributed by atoms with Crippen molar-refractivity contribution in [1.82, 2.24) is 10.2 Å². The lowest BCUT2D eigenvalue weighted by atomic mass is 10.2. The fraction of sp³-hybridized carbons (Fsp3) is 0.200. The van der Waals surface area contributed by atoms with Gasteiger partial charge in [0.1, 0.15) is 5.82 Å². The van der Waals surface area contributed by atoms with Crippen LogP contribution in [-0.4, -0.2) is 29.9 Å². The van der Waals surface area contributed by atoms with Gasteiger partial charge in [-0.15, -0.1) is 0 Å². The smallest absolute Gasteiger partial charge is 0.324 e. The summed E-state index contributed by atoms with van der Waals surface area (Å²) in [5.41, 5.74) is -0.112. The van der Waals surface area contributed by atoms with Crippen LogP contribution in [0.2, 0.25) is 0 Å². The molecule has 4 nitrogen and oxygen atoms in total. The summed E-state index contributed by atoms with van der Waals surface area (Å²) >= 11 is 3.10. The number of nitrogens with zero attached hydrogens (tertiary/aromatic N) is 1. The van der Waals surface area contributed by atoms with E-state index in [4.69, 9.17) is 0 Å². The maximum Gasteiger partial charge on any atom is 0.324 e. The topological polar surface area (TPSA) is 49.4 Å². The van der Waals surface area contributed by atoms with E-state index in [2.05, 4.69) is 21.2 Å². The second kappa shape index (κ2) is 4.21. The van der Waals surface area contributed by atoms with Crippen molar-refractivity contribution < 1.29 is 14.0 Å². The van der Waals surface area contributed by atoms with Crippen LogP contribution in [0.3, 0.4) is 0 Å². The van der Waals surface area contributed by atoms with Gasteiger partial charge in [0.2, 0.25) is 0 Å². The maximum atomic E-state index is 13.5. The minimum atomic E-state index is -0.640. The third kappa shape index (κ3) is 1.80. The second-order valence-electron chi connectivity index (χ2n) is 3.29. The lowest BCUT2D eigenvalue weighted by Crippen LogP contribution is -2.34. The first-order chi connectivity index (χ1) is 7.61. The molecule has 0 unspecified atom stereocenters. The predicted octanol–water partition coefficient (Wildman–Crippen LogP) is 1.75. The molecule has 1 fully saturated rings. The van der Waals surface area contributed by atoms with Gasteiger partial charge in [-0.1, -0.05) is 6.07 Å². The number of amides is 3. The first-order valence-electron chi connectivity index (χ1n) is 4.65. The molecule has 3 amide bonds. The second-order valence-corrected chi connectivity index (χ2v) is 4.14. The van der Waals surface area contributed by atoms with Crippen LogP contribution >= 0.6 is 15.9 Å². The molecule has 1 aliphatic rings. The van der Waals surface area contributed by atoms with Gasteiger partial charge in [0.05, 0.1) is 5.56 Å². The molecule has 84 valence electrons. The molecule has 0 atom stereocenters. The Hall–Kier alpha value is -1.43. The van der Waals surface area contributed by atoms with Gasteiger partial charge in [-0.05, 0) is 28.1 Å². The van der Waals surface area contributed by atoms with Gasteiger partial charge in [-0.2, -0.15) is 0 Å². The van der Waals surface area contributed by atoms with Gasteiger partial charge in [0, 0.05) is 17.6 Å². The average Bonchev–Trinajstić information content (AvgIpc) is 2.64. The summed E-state index contributed by atoms with van der Waals surface area (Å²) in [5.74, 6) is -1.26. The van der Waals surface area contributed by atoms with Crippen molar-refractivity contribution >= 4 is 27.9 Å². The van der Waals surface area contributed by atoms with E-state index in [0.717, 1.165) is 4.90 Å². The normalized spacial score (nSPS) is 15.1. The fourth-order valence-corrected chi connectivity index (χ4v) is 2.01. The standard InChI is InChI=1S/C10H8BrFN2O2/c11-6-2-1-3-7(12)8(6)9(15)14-5-4-13-10(14)16/h1-3H,4-5H2,(H,13,16). The molecule has 1 saturated heterocycles. The predicted molar refractivity (Wildman–Crippen MR) is 58.5 cm³/mol. The zero-order chi connectivity index (χ0) is 11.7. The fourth-order valence-electron chi connectivity index (χ4n) is 1.50. The molecule has 0 spiro atoms. The SMILES string of the molecule is O=C1NCCN1C(=O)c1c(F)cccc1Br. The molecule has 2 rings (SSSR count). The third-order valence-electron chi connectivity index (χ3n) is 2.28. The van der Waals surface area contributed by atoms with E-state index in [1.807, 2.05) is 0 Å². The van der Waals surface area contributed by atoms with Crippen molar-refractivity contribution in [1.29, 1.82) is 0 Å². The van der Waals surface area contributed by atoms with Crippen molar-refractivity contribution in [3.63, 3.8) is 0 Å². The van der Waals surface area contributed by atoms with Gasteiger partial charge < -0.3 is 5.32 Å². The van der Waals surface area contributed by atoms with E-state index >= 15 is 0 Å². The van der Waals surface area contributed by atoms with Gasteiger partial charge >= 0.3 is 6.03 Å². The van der Waals surface area contributed by atoms with Crippen LogP contribution in [0.15, 0.2) is 22.7 Å². The van der Waals surface area contributed by atoms with Crippen LogP contribution in [0.25, 0.3) is 0 Å². The molecule has 1 aliphatic heterocycles. The highest BCUT2D eigenvalue weighted by atomic mass is 79.9. The summed E-state index contributed by atoms with van der Waals surface area (Å²) in [7, 11) is 0.